The molecule has 3 nitrogen and oxygen atoms in total. The van der Waals surface area contributed by atoms with E-state index in [0.29, 0.717) is 13.0 Å². The number of aryl methyl sites for hydroxylation is 1. The van der Waals surface area contributed by atoms with Gasteiger partial charge < -0.3 is 10.6 Å². The van der Waals surface area contributed by atoms with Gasteiger partial charge in [0.1, 0.15) is 0 Å². The Morgan fingerprint density at radius 1 is 1.21 bits per heavy atom. The first-order valence-electron chi connectivity index (χ1n) is 8.17. The SMILES string of the molecule is Cc1ccc(CN(CCc2ccccc2)C(=O)CCC(C)N)s1.Cl. The average Bonchev–Trinajstić information content (AvgIpc) is 2.95. The Hall–Kier alpha value is -1.36. The van der Waals surface area contributed by atoms with Gasteiger partial charge in [-0.05, 0) is 44.4 Å². The Morgan fingerprint density at radius 3 is 2.50 bits per heavy atom. The summed E-state index contributed by atoms with van der Waals surface area (Å²) in [6.45, 7) is 5.49. The molecule has 0 fully saturated rings. The number of halogens is 1. The van der Waals surface area contributed by atoms with Crippen molar-refractivity contribution in [2.24, 2.45) is 5.73 Å². The van der Waals surface area contributed by atoms with Crippen LogP contribution in [0.3, 0.4) is 0 Å². The summed E-state index contributed by atoms with van der Waals surface area (Å²) in [6, 6.07) is 14.6. The van der Waals surface area contributed by atoms with Crippen molar-refractivity contribution < 1.29 is 4.79 Å². The van der Waals surface area contributed by atoms with Crippen molar-refractivity contribution in [1.29, 1.82) is 0 Å². The molecule has 1 atom stereocenters. The largest absolute Gasteiger partial charge is 0.337 e. The molecule has 0 bridgehead atoms. The molecule has 0 spiro atoms. The van der Waals surface area contributed by atoms with E-state index in [0.717, 1.165) is 19.4 Å². The van der Waals surface area contributed by atoms with Crippen LogP contribution >= 0.6 is 23.7 Å². The molecule has 132 valence electrons. The van der Waals surface area contributed by atoms with E-state index in [4.69, 9.17) is 5.73 Å². The van der Waals surface area contributed by atoms with Crippen LogP contribution in [-0.4, -0.2) is 23.4 Å². The number of carbonyl (C=O) groups is 1. The van der Waals surface area contributed by atoms with E-state index in [9.17, 15) is 4.79 Å². The van der Waals surface area contributed by atoms with Crippen LogP contribution in [0, 0.1) is 6.92 Å². The number of nitrogens with zero attached hydrogens (tertiary/aromatic N) is 1. The zero-order valence-corrected chi connectivity index (χ0v) is 16.0. The predicted molar refractivity (Wildman–Crippen MR) is 105 cm³/mol. The number of carbonyl (C=O) groups excluding carboxylic acids is 1. The van der Waals surface area contributed by atoms with Crippen LogP contribution in [0.15, 0.2) is 42.5 Å². The Kier molecular flexibility index (Phi) is 9.04. The molecule has 0 saturated carbocycles. The molecule has 2 N–H and O–H groups in total. The molecule has 1 aromatic carbocycles. The third-order valence-corrected chi connectivity index (χ3v) is 4.81. The van der Waals surface area contributed by atoms with Crippen LogP contribution in [0.1, 0.15) is 35.1 Å². The van der Waals surface area contributed by atoms with E-state index in [1.54, 1.807) is 11.3 Å². The summed E-state index contributed by atoms with van der Waals surface area (Å²) in [5, 5.41) is 0. The molecular weight excluding hydrogens is 340 g/mol. The van der Waals surface area contributed by atoms with Crippen molar-refractivity contribution in [1.82, 2.24) is 4.90 Å². The quantitative estimate of drug-likeness (QED) is 0.761. The second-order valence-corrected chi connectivity index (χ2v) is 7.45. The molecule has 5 heteroatoms. The number of benzene rings is 1. The van der Waals surface area contributed by atoms with E-state index in [-0.39, 0.29) is 24.4 Å². The molecule has 0 radical (unpaired) electrons. The molecule has 0 aliphatic carbocycles. The highest BCUT2D eigenvalue weighted by atomic mass is 35.5. The molecule has 0 saturated heterocycles. The van der Waals surface area contributed by atoms with Gasteiger partial charge in [0.2, 0.25) is 5.91 Å². The summed E-state index contributed by atoms with van der Waals surface area (Å²) in [4.78, 5) is 17.1. The maximum Gasteiger partial charge on any atom is 0.222 e. The molecule has 2 aromatic rings. The van der Waals surface area contributed by atoms with Crippen molar-refractivity contribution in [2.45, 2.75) is 45.7 Å². The Labute approximate surface area is 155 Å². The number of thiophene rings is 1. The Bertz CT molecular complexity index is 613. The second-order valence-electron chi connectivity index (χ2n) is 6.08. The molecule has 1 unspecified atom stereocenters. The van der Waals surface area contributed by atoms with Gasteiger partial charge in [-0.2, -0.15) is 0 Å². The minimum absolute atomic E-state index is 0. The topological polar surface area (TPSA) is 46.3 Å². The van der Waals surface area contributed by atoms with Gasteiger partial charge in [-0.3, -0.25) is 4.79 Å². The first-order chi connectivity index (χ1) is 11.0. The van der Waals surface area contributed by atoms with Crippen LogP contribution in [0.2, 0.25) is 0 Å². The second kappa shape index (κ2) is 10.5. The molecule has 0 aliphatic heterocycles. The van der Waals surface area contributed by atoms with Gasteiger partial charge in [0, 0.05) is 28.8 Å². The molecule has 2 rings (SSSR count). The van der Waals surface area contributed by atoms with E-state index in [2.05, 4.69) is 31.2 Å². The summed E-state index contributed by atoms with van der Waals surface area (Å²) >= 11 is 1.76. The van der Waals surface area contributed by atoms with Crippen molar-refractivity contribution in [3.8, 4) is 0 Å². The number of amides is 1. The maximum absolute atomic E-state index is 12.6. The fourth-order valence-corrected chi connectivity index (χ4v) is 3.37. The normalized spacial score (nSPS) is 11.6. The van der Waals surface area contributed by atoms with Gasteiger partial charge in [0.25, 0.3) is 0 Å². The minimum Gasteiger partial charge on any atom is -0.337 e. The van der Waals surface area contributed by atoms with Gasteiger partial charge in [0.15, 0.2) is 0 Å². The summed E-state index contributed by atoms with van der Waals surface area (Å²) in [5.74, 6) is 0.198. The summed E-state index contributed by atoms with van der Waals surface area (Å²) in [5.41, 5.74) is 7.06. The summed E-state index contributed by atoms with van der Waals surface area (Å²) < 4.78 is 0. The summed E-state index contributed by atoms with van der Waals surface area (Å²) in [6.07, 6.45) is 2.15. The van der Waals surface area contributed by atoms with Crippen LogP contribution in [-0.2, 0) is 17.8 Å². The zero-order valence-electron chi connectivity index (χ0n) is 14.4. The smallest absolute Gasteiger partial charge is 0.222 e. The summed E-state index contributed by atoms with van der Waals surface area (Å²) in [7, 11) is 0. The standard InChI is InChI=1S/C19H26N2OS.ClH/c1-15(20)8-11-19(22)21(14-18-10-9-16(2)23-18)13-12-17-6-4-3-5-7-17;/h3-7,9-10,15H,8,11-14,20H2,1-2H3;1H. The first-order valence-corrected chi connectivity index (χ1v) is 8.99. The van der Waals surface area contributed by atoms with Crippen LogP contribution in [0.4, 0.5) is 0 Å². The first kappa shape index (κ1) is 20.7. The lowest BCUT2D eigenvalue weighted by atomic mass is 10.1. The van der Waals surface area contributed by atoms with Gasteiger partial charge in [-0.1, -0.05) is 30.3 Å². The van der Waals surface area contributed by atoms with Gasteiger partial charge in [-0.25, -0.2) is 0 Å². The van der Waals surface area contributed by atoms with Crippen LogP contribution in [0.25, 0.3) is 0 Å². The van der Waals surface area contributed by atoms with Gasteiger partial charge in [0.05, 0.1) is 6.54 Å². The average molecular weight is 367 g/mol. The van der Waals surface area contributed by atoms with E-state index in [1.807, 2.05) is 30.0 Å². The van der Waals surface area contributed by atoms with Crippen LogP contribution < -0.4 is 5.73 Å². The lowest BCUT2D eigenvalue weighted by Crippen LogP contribution is -2.33. The molecule has 24 heavy (non-hydrogen) atoms. The van der Waals surface area contributed by atoms with Crippen LogP contribution in [0.5, 0.6) is 0 Å². The predicted octanol–water partition coefficient (Wildman–Crippen LogP) is 4.18. The van der Waals surface area contributed by atoms with Crippen molar-refractivity contribution in [2.75, 3.05) is 6.54 Å². The molecule has 1 aromatic heterocycles. The van der Waals surface area contributed by atoms with Gasteiger partial charge in [-0.15, -0.1) is 23.7 Å². The third kappa shape index (κ3) is 7.04. The highest BCUT2D eigenvalue weighted by molar-refractivity contribution is 7.11. The third-order valence-electron chi connectivity index (χ3n) is 3.82. The lowest BCUT2D eigenvalue weighted by Gasteiger charge is -2.23. The van der Waals surface area contributed by atoms with E-state index < -0.39 is 0 Å². The number of hydrogen-bond acceptors (Lipinski definition) is 3. The van der Waals surface area contributed by atoms with Crippen molar-refractivity contribution >= 4 is 29.7 Å². The Balaban J connectivity index is 0.00000288. The van der Waals surface area contributed by atoms with Crippen molar-refractivity contribution in [3.63, 3.8) is 0 Å². The monoisotopic (exact) mass is 366 g/mol. The lowest BCUT2D eigenvalue weighted by molar-refractivity contribution is -0.131. The van der Waals surface area contributed by atoms with Crippen molar-refractivity contribution in [3.05, 3.63) is 57.8 Å². The molecule has 0 aliphatic rings. The fraction of sp³-hybridized carbons (Fsp3) is 0.421. The Morgan fingerprint density at radius 2 is 1.92 bits per heavy atom. The number of nitrogens with two attached hydrogens (primary N) is 1. The molecule has 1 amide bonds. The minimum atomic E-state index is 0. The highest BCUT2D eigenvalue weighted by Crippen LogP contribution is 2.18. The van der Waals surface area contributed by atoms with Gasteiger partial charge >= 0.3 is 0 Å². The van der Waals surface area contributed by atoms with E-state index in [1.165, 1.54) is 15.3 Å². The molecular formula is C19H27ClN2OS. The highest BCUT2D eigenvalue weighted by Gasteiger charge is 2.15. The number of hydrogen-bond donors (Lipinski definition) is 1. The van der Waals surface area contributed by atoms with E-state index >= 15 is 0 Å². The zero-order chi connectivity index (χ0) is 16.7. The fourth-order valence-electron chi connectivity index (χ4n) is 2.47. The maximum atomic E-state index is 12.6. The molecule has 1 heterocycles. The number of rotatable bonds is 8.